The first-order valence-electron chi connectivity index (χ1n) is 9.43. The summed E-state index contributed by atoms with van der Waals surface area (Å²) in [5, 5.41) is 11.6. The van der Waals surface area contributed by atoms with E-state index >= 15 is 0 Å². The third-order valence-corrected chi connectivity index (χ3v) is 4.53. The number of anilines is 4. The fourth-order valence-corrected chi connectivity index (χ4v) is 3.15. The molecule has 1 N–H and O–H groups in total. The lowest BCUT2D eigenvalue weighted by molar-refractivity contribution is 0.342. The summed E-state index contributed by atoms with van der Waals surface area (Å²) in [5.74, 6) is 3.06. The van der Waals surface area contributed by atoms with Gasteiger partial charge in [-0.25, -0.2) is 4.98 Å². The molecule has 0 saturated carbocycles. The number of piperazine rings is 1. The summed E-state index contributed by atoms with van der Waals surface area (Å²) in [6, 6.07) is 13.8. The molecule has 8 nitrogen and oxygen atoms in total. The Bertz CT molecular complexity index is 898. The predicted molar refractivity (Wildman–Crippen MR) is 109 cm³/mol. The number of rotatable bonds is 6. The predicted octanol–water partition coefficient (Wildman–Crippen LogP) is 2.74. The normalized spacial score (nSPS) is 14.0. The van der Waals surface area contributed by atoms with Gasteiger partial charge in [0.1, 0.15) is 11.6 Å². The van der Waals surface area contributed by atoms with E-state index in [-0.39, 0.29) is 0 Å². The minimum absolute atomic E-state index is 0.604. The van der Waals surface area contributed by atoms with Gasteiger partial charge < -0.3 is 19.9 Å². The number of nitrogens with zero attached hydrogens (tertiary/aromatic N) is 6. The second kappa shape index (κ2) is 8.51. The van der Waals surface area contributed by atoms with Crippen LogP contribution in [0.1, 0.15) is 6.92 Å². The van der Waals surface area contributed by atoms with E-state index in [1.807, 2.05) is 55.6 Å². The molecule has 8 heteroatoms. The largest absolute Gasteiger partial charge is 0.492 e. The number of benzene rings is 1. The van der Waals surface area contributed by atoms with Gasteiger partial charge in [0.2, 0.25) is 5.95 Å². The number of nitrogens with one attached hydrogen (secondary N) is 1. The van der Waals surface area contributed by atoms with Crippen molar-refractivity contribution in [1.82, 2.24) is 20.2 Å². The number of hydrogen-bond acceptors (Lipinski definition) is 8. The van der Waals surface area contributed by atoms with Crippen LogP contribution in [-0.2, 0) is 0 Å². The molecule has 1 aromatic carbocycles. The van der Waals surface area contributed by atoms with Gasteiger partial charge in [0, 0.05) is 32.4 Å². The Kier molecular flexibility index (Phi) is 5.46. The van der Waals surface area contributed by atoms with E-state index < -0.39 is 0 Å². The standard InChI is InChI=1S/C20H23N7O/c1-2-28-17-8-4-3-7-16(17)23-18-15-22-25-20(24-18)27-13-11-26(12-14-27)19-9-5-6-10-21-19/h3-10,15H,2,11-14H2,1H3,(H,23,24,25). The van der Waals surface area contributed by atoms with Crippen LogP contribution >= 0.6 is 0 Å². The molecule has 28 heavy (non-hydrogen) atoms. The van der Waals surface area contributed by atoms with Crippen LogP contribution in [0, 0.1) is 0 Å². The average Bonchev–Trinajstić information content (AvgIpc) is 2.76. The molecule has 1 aliphatic rings. The number of hydrogen-bond donors (Lipinski definition) is 1. The molecule has 0 aliphatic carbocycles. The lowest BCUT2D eigenvalue weighted by atomic mass is 10.3. The maximum absolute atomic E-state index is 5.66. The van der Waals surface area contributed by atoms with Gasteiger partial charge in [-0.05, 0) is 31.2 Å². The van der Waals surface area contributed by atoms with Gasteiger partial charge in [-0.3, -0.25) is 0 Å². The highest BCUT2D eigenvalue weighted by atomic mass is 16.5. The maximum atomic E-state index is 5.66. The van der Waals surface area contributed by atoms with Gasteiger partial charge in [0.05, 0.1) is 18.5 Å². The number of aromatic nitrogens is 4. The van der Waals surface area contributed by atoms with Crippen molar-refractivity contribution < 1.29 is 4.74 Å². The molecular formula is C20H23N7O. The fourth-order valence-electron chi connectivity index (χ4n) is 3.15. The Hall–Kier alpha value is -3.42. The molecule has 2 aromatic heterocycles. The Morgan fingerprint density at radius 2 is 1.79 bits per heavy atom. The third-order valence-electron chi connectivity index (χ3n) is 4.53. The fraction of sp³-hybridized carbons (Fsp3) is 0.300. The SMILES string of the molecule is CCOc1ccccc1Nc1cnnc(N2CCN(c3ccccn3)CC2)n1. The van der Waals surface area contributed by atoms with Gasteiger partial charge in [-0.2, -0.15) is 10.1 Å². The smallest absolute Gasteiger partial charge is 0.247 e. The zero-order valence-electron chi connectivity index (χ0n) is 15.8. The number of ether oxygens (including phenoxy) is 1. The molecule has 1 fully saturated rings. The van der Waals surface area contributed by atoms with Crippen molar-refractivity contribution in [2.45, 2.75) is 6.92 Å². The minimum Gasteiger partial charge on any atom is -0.492 e. The molecule has 3 aromatic rings. The Labute approximate surface area is 164 Å². The first-order chi connectivity index (χ1) is 13.8. The van der Waals surface area contributed by atoms with Gasteiger partial charge >= 0.3 is 0 Å². The van der Waals surface area contributed by atoms with Crippen molar-refractivity contribution in [1.29, 1.82) is 0 Å². The molecule has 144 valence electrons. The van der Waals surface area contributed by atoms with Crippen molar-refractivity contribution in [3.8, 4) is 5.75 Å². The summed E-state index contributed by atoms with van der Waals surface area (Å²) >= 11 is 0. The Morgan fingerprint density at radius 1 is 1.00 bits per heavy atom. The van der Waals surface area contributed by atoms with E-state index in [1.165, 1.54) is 0 Å². The monoisotopic (exact) mass is 377 g/mol. The van der Waals surface area contributed by atoms with Crippen molar-refractivity contribution >= 4 is 23.3 Å². The van der Waals surface area contributed by atoms with Crippen LogP contribution in [0.5, 0.6) is 5.75 Å². The summed E-state index contributed by atoms with van der Waals surface area (Å²) in [6.45, 7) is 5.93. The first kappa shape index (κ1) is 18.0. The van der Waals surface area contributed by atoms with Gasteiger partial charge in [0.15, 0.2) is 5.82 Å². The summed E-state index contributed by atoms with van der Waals surface area (Å²) < 4.78 is 5.66. The molecule has 3 heterocycles. The molecule has 1 saturated heterocycles. The van der Waals surface area contributed by atoms with Crippen molar-refractivity contribution in [2.24, 2.45) is 0 Å². The van der Waals surface area contributed by atoms with E-state index in [1.54, 1.807) is 6.20 Å². The molecule has 0 radical (unpaired) electrons. The van der Waals surface area contributed by atoms with E-state index in [2.05, 4.69) is 35.3 Å². The van der Waals surface area contributed by atoms with Crippen LogP contribution in [-0.4, -0.2) is 53.0 Å². The first-order valence-corrected chi connectivity index (χ1v) is 9.43. The third kappa shape index (κ3) is 4.11. The molecule has 0 amide bonds. The van der Waals surface area contributed by atoms with Crippen LogP contribution in [0.4, 0.5) is 23.3 Å². The highest BCUT2D eigenvalue weighted by Gasteiger charge is 2.20. The summed E-state index contributed by atoms with van der Waals surface area (Å²) in [7, 11) is 0. The molecule has 0 unspecified atom stereocenters. The number of pyridine rings is 1. The lowest BCUT2D eigenvalue weighted by Gasteiger charge is -2.35. The molecular weight excluding hydrogens is 354 g/mol. The molecule has 0 atom stereocenters. The van der Waals surface area contributed by atoms with Crippen molar-refractivity contribution in [3.63, 3.8) is 0 Å². The van der Waals surface area contributed by atoms with E-state index in [0.29, 0.717) is 18.4 Å². The van der Waals surface area contributed by atoms with Crippen LogP contribution < -0.4 is 19.9 Å². The van der Waals surface area contributed by atoms with Crippen molar-refractivity contribution in [3.05, 3.63) is 54.9 Å². The summed E-state index contributed by atoms with van der Waals surface area (Å²) in [4.78, 5) is 13.5. The van der Waals surface area contributed by atoms with Crippen LogP contribution in [0.3, 0.4) is 0 Å². The quantitative estimate of drug-likeness (QED) is 0.702. The van der Waals surface area contributed by atoms with Crippen LogP contribution in [0.2, 0.25) is 0 Å². The van der Waals surface area contributed by atoms with Crippen LogP contribution in [0.15, 0.2) is 54.9 Å². The van der Waals surface area contributed by atoms with E-state index in [9.17, 15) is 0 Å². The zero-order valence-corrected chi connectivity index (χ0v) is 15.8. The molecule has 1 aliphatic heterocycles. The van der Waals surface area contributed by atoms with Gasteiger partial charge in [-0.15, -0.1) is 5.10 Å². The van der Waals surface area contributed by atoms with Gasteiger partial charge in [-0.1, -0.05) is 18.2 Å². The lowest BCUT2D eigenvalue weighted by Crippen LogP contribution is -2.47. The molecule has 4 rings (SSSR count). The summed E-state index contributed by atoms with van der Waals surface area (Å²) in [5.41, 5.74) is 0.857. The highest BCUT2D eigenvalue weighted by Crippen LogP contribution is 2.27. The molecule has 0 bridgehead atoms. The Morgan fingerprint density at radius 3 is 2.57 bits per heavy atom. The number of para-hydroxylation sites is 2. The average molecular weight is 377 g/mol. The zero-order chi connectivity index (χ0) is 19.2. The summed E-state index contributed by atoms with van der Waals surface area (Å²) in [6.07, 6.45) is 3.44. The second-order valence-corrected chi connectivity index (χ2v) is 6.36. The van der Waals surface area contributed by atoms with Crippen molar-refractivity contribution in [2.75, 3.05) is 47.9 Å². The van der Waals surface area contributed by atoms with Crippen LogP contribution in [0.25, 0.3) is 0 Å². The minimum atomic E-state index is 0.604. The maximum Gasteiger partial charge on any atom is 0.247 e. The van der Waals surface area contributed by atoms with Gasteiger partial charge in [0.25, 0.3) is 0 Å². The Balaban J connectivity index is 1.43. The highest BCUT2D eigenvalue weighted by molar-refractivity contribution is 5.64. The van der Waals surface area contributed by atoms with E-state index in [4.69, 9.17) is 4.74 Å². The molecule has 0 spiro atoms. The second-order valence-electron chi connectivity index (χ2n) is 6.36. The topological polar surface area (TPSA) is 79.3 Å². The van der Waals surface area contributed by atoms with E-state index in [0.717, 1.165) is 43.4 Å².